The van der Waals surface area contributed by atoms with Crippen molar-refractivity contribution in [1.82, 2.24) is 4.98 Å². The molecule has 2 aromatic carbocycles. The number of carbonyl (C=O) groups is 1. The number of rotatable bonds is 2. The largest absolute Gasteiger partial charge is 0.326 e. The van der Waals surface area contributed by atoms with Crippen LogP contribution in [0.1, 0.15) is 5.56 Å². The number of aromatic nitrogens is 1. The van der Waals surface area contributed by atoms with Crippen LogP contribution in [-0.4, -0.2) is 10.9 Å². The topological polar surface area (TPSA) is 42.0 Å². The summed E-state index contributed by atoms with van der Waals surface area (Å²) in [5.41, 5.74) is 5.12. The number of nitrogens with zero attached hydrogens (tertiary/aromatic N) is 1. The maximum absolute atomic E-state index is 11.4. The molecule has 3 aromatic rings. The van der Waals surface area contributed by atoms with Crippen LogP contribution in [0.25, 0.3) is 21.8 Å². The number of hydrogen-bond donors (Lipinski definition) is 1. The third kappa shape index (κ3) is 2.23. The molecule has 1 amide bonds. The van der Waals surface area contributed by atoms with E-state index in [-0.39, 0.29) is 5.91 Å². The van der Waals surface area contributed by atoms with Gasteiger partial charge in [-0.25, -0.2) is 4.98 Å². The van der Waals surface area contributed by atoms with Gasteiger partial charge in [-0.3, -0.25) is 4.79 Å². The second-order valence-electron chi connectivity index (χ2n) is 5.00. The lowest BCUT2D eigenvalue weighted by Crippen LogP contribution is -2.03. The molecule has 1 aromatic heterocycles. The third-order valence-electron chi connectivity index (χ3n) is 3.55. The van der Waals surface area contributed by atoms with Gasteiger partial charge < -0.3 is 5.32 Å². The minimum atomic E-state index is 0.0606. The molecular weight excluding hydrogens is 280 g/mol. The summed E-state index contributed by atoms with van der Waals surface area (Å²) in [5, 5.41) is 5.93. The zero-order valence-corrected chi connectivity index (χ0v) is 12.0. The SMILES string of the molecule is O=C1Cc2cc(-c3csc(-c4ccccc4)n3)ccc2N1. The van der Waals surface area contributed by atoms with E-state index in [1.807, 2.05) is 30.3 Å². The average molecular weight is 292 g/mol. The molecule has 0 radical (unpaired) electrons. The Morgan fingerprint density at radius 2 is 1.90 bits per heavy atom. The highest BCUT2D eigenvalue weighted by molar-refractivity contribution is 7.13. The predicted molar refractivity (Wildman–Crippen MR) is 85.3 cm³/mol. The van der Waals surface area contributed by atoms with Crippen molar-refractivity contribution < 1.29 is 4.79 Å². The van der Waals surface area contributed by atoms with Crippen molar-refractivity contribution in [2.24, 2.45) is 0 Å². The first kappa shape index (κ1) is 12.3. The third-order valence-corrected chi connectivity index (χ3v) is 4.44. The van der Waals surface area contributed by atoms with E-state index in [1.54, 1.807) is 11.3 Å². The summed E-state index contributed by atoms with van der Waals surface area (Å²) in [4.78, 5) is 16.1. The Labute approximate surface area is 126 Å². The molecule has 21 heavy (non-hydrogen) atoms. The highest BCUT2D eigenvalue weighted by atomic mass is 32.1. The van der Waals surface area contributed by atoms with Gasteiger partial charge in [-0.1, -0.05) is 36.4 Å². The lowest BCUT2D eigenvalue weighted by molar-refractivity contribution is -0.115. The lowest BCUT2D eigenvalue weighted by Gasteiger charge is -2.01. The summed E-state index contributed by atoms with van der Waals surface area (Å²) in [5.74, 6) is 0.0606. The van der Waals surface area contributed by atoms with E-state index in [0.717, 1.165) is 33.1 Å². The van der Waals surface area contributed by atoms with Crippen LogP contribution < -0.4 is 5.32 Å². The number of carbonyl (C=O) groups excluding carboxylic acids is 1. The monoisotopic (exact) mass is 292 g/mol. The Hall–Kier alpha value is -2.46. The molecule has 1 aliphatic rings. The molecule has 3 nitrogen and oxygen atoms in total. The number of nitrogens with one attached hydrogen (secondary N) is 1. The summed E-state index contributed by atoms with van der Waals surface area (Å²) in [6.45, 7) is 0. The van der Waals surface area contributed by atoms with Crippen molar-refractivity contribution in [3.63, 3.8) is 0 Å². The van der Waals surface area contributed by atoms with Crippen molar-refractivity contribution in [3.05, 3.63) is 59.5 Å². The van der Waals surface area contributed by atoms with Gasteiger partial charge >= 0.3 is 0 Å². The van der Waals surface area contributed by atoms with Crippen LogP contribution in [0, 0.1) is 0 Å². The van der Waals surface area contributed by atoms with E-state index < -0.39 is 0 Å². The van der Waals surface area contributed by atoms with Crippen LogP contribution >= 0.6 is 11.3 Å². The number of hydrogen-bond acceptors (Lipinski definition) is 3. The number of thiazole rings is 1. The summed E-state index contributed by atoms with van der Waals surface area (Å²) in [7, 11) is 0. The molecule has 0 unspecified atom stereocenters. The zero-order valence-electron chi connectivity index (χ0n) is 11.2. The van der Waals surface area contributed by atoms with Crippen molar-refractivity contribution >= 4 is 22.9 Å². The molecule has 4 heteroatoms. The highest BCUT2D eigenvalue weighted by Crippen LogP contribution is 2.32. The molecule has 1 N–H and O–H groups in total. The molecule has 102 valence electrons. The van der Waals surface area contributed by atoms with Gasteiger partial charge in [0, 0.05) is 22.2 Å². The van der Waals surface area contributed by atoms with Crippen molar-refractivity contribution in [2.75, 3.05) is 5.32 Å². The van der Waals surface area contributed by atoms with Crippen LogP contribution in [0.5, 0.6) is 0 Å². The van der Waals surface area contributed by atoms with Gasteiger partial charge in [0.2, 0.25) is 5.91 Å². The smallest absolute Gasteiger partial charge is 0.228 e. The Bertz CT molecular complexity index is 824. The van der Waals surface area contributed by atoms with Gasteiger partial charge in [-0.2, -0.15) is 0 Å². The fraction of sp³-hybridized carbons (Fsp3) is 0.0588. The van der Waals surface area contributed by atoms with Crippen molar-refractivity contribution in [1.29, 1.82) is 0 Å². The number of fused-ring (bicyclic) bond motifs is 1. The summed E-state index contributed by atoms with van der Waals surface area (Å²) in [6, 6.07) is 16.2. The summed E-state index contributed by atoms with van der Waals surface area (Å²) >= 11 is 1.64. The van der Waals surface area contributed by atoms with E-state index in [0.29, 0.717) is 6.42 Å². The molecule has 0 fully saturated rings. The zero-order chi connectivity index (χ0) is 14.2. The molecule has 2 heterocycles. The Balaban J connectivity index is 1.71. The predicted octanol–water partition coefficient (Wildman–Crippen LogP) is 3.97. The number of amides is 1. The van der Waals surface area contributed by atoms with Crippen LogP contribution in [0.4, 0.5) is 5.69 Å². The molecule has 0 saturated heterocycles. The van der Waals surface area contributed by atoms with Crippen molar-refractivity contribution in [3.8, 4) is 21.8 Å². The van der Waals surface area contributed by atoms with E-state index >= 15 is 0 Å². The molecular formula is C17H12N2OS. The molecule has 0 spiro atoms. The second-order valence-corrected chi connectivity index (χ2v) is 5.86. The fourth-order valence-electron chi connectivity index (χ4n) is 2.51. The van der Waals surface area contributed by atoms with Crippen molar-refractivity contribution in [2.45, 2.75) is 6.42 Å². The molecule has 4 rings (SSSR count). The van der Waals surface area contributed by atoms with Crippen LogP contribution in [0.3, 0.4) is 0 Å². The highest BCUT2D eigenvalue weighted by Gasteiger charge is 2.18. The Morgan fingerprint density at radius 3 is 2.76 bits per heavy atom. The molecule has 0 saturated carbocycles. The first-order valence-corrected chi connectivity index (χ1v) is 7.62. The summed E-state index contributed by atoms with van der Waals surface area (Å²) < 4.78 is 0. The minimum Gasteiger partial charge on any atom is -0.326 e. The molecule has 1 aliphatic heterocycles. The number of benzene rings is 2. The second kappa shape index (κ2) is 4.82. The van der Waals surface area contributed by atoms with Gasteiger partial charge in [0.15, 0.2) is 0 Å². The van der Waals surface area contributed by atoms with Gasteiger partial charge in [0.1, 0.15) is 5.01 Å². The van der Waals surface area contributed by atoms with E-state index in [4.69, 9.17) is 4.98 Å². The van der Waals surface area contributed by atoms with E-state index in [2.05, 4.69) is 28.9 Å². The molecule has 0 bridgehead atoms. The molecule has 0 atom stereocenters. The maximum atomic E-state index is 11.4. The van der Waals surface area contributed by atoms with Gasteiger partial charge in [0.25, 0.3) is 0 Å². The first-order chi connectivity index (χ1) is 10.3. The van der Waals surface area contributed by atoms with Crippen LogP contribution in [0.15, 0.2) is 53.9 Å². The molecule has 0 aliphatic carbocycles. The van der Waals surface area contributed by atoms with E-state index in [9.17, 15) is 4.79 Å². The van der Waals surface area contributed by atoms with Crippen LogP contribution in [-0.2, 0) is 11.2 Å². The first-order valence-electron chi connectivity index (χ1n) is 6.74. The minimum absolute atomic E-state index is 0.0606. The van der Waals surface area contributed by atoms with Gasteiger partial charge in [0.05, 0.1) is 12.1 Å². The average Bonchev–Trinajstić information content (AvgIpc) is 3.12. The number of anilines is 1. The lowest BCUT2D eigenvalue weighted by atomic mass is 10.1. The standard InChI is InChI=1S/C17H12N2OS/c20-16-9-13-8-12(6-7-14(13)18-16)15-10-21-17(19-15)11-4-2-1-3-5-11/h1-8,10H,9H2,(H,18,20). The van der Waals surface area contributed by atoms with Gasteiger partial charge in [-0.05, 0) is 17.7 Å². The summed E-state index contributed by atoms with van der Waals surface area (Å²) in [6.07, 6.45) is 0.457. The Morgan fingerprint density at radius 1 is 1.05 bits per heavy atom. The van der Waals surface area contributed by atoms with Crippen LogP contribution in [0.2, 0.25) is 0 Å². The van der Waals surface area contributed by atoms with Gasteiger partial charge in [-0.15, -0.1) is 11.3 Å². The fourth-order valence-corrected chi connectivity index (χ4v) is 3.34. The Kier molecular flexibility index (Phi) is 2.82. The quantitative estimate of drug-likeness (QED) is 0.776. The maximum Gasteiger partial charge on any atom is 0.228 e. The normalized spacial score (nSPS) is 13.0. The van der Waals surface area contributed by atoms with E-state index in [1.165, 1.54) is 0 Å².